The van der Waals surface area contributed by atoms with Gasteiger partial charge in [0.15, 0.2) is 5.58 Å². The third-order valence-corrected chi connectivity index (χ3v) is 5.81. The summed E-state index contributed by atoms with van der Waals surface area (Å²) in [6.45, 7) is 11.9. The van der Waals surface area contributed by atoms with Gasteiger partial charge in [0.25, 0.3) is 0 Å². The van der Waals surface area contributed by atoms with Gasteiger partial charge in [0.2, 0.25) is 0 Å². The van der Waals surface area contributed by atoms with E-state index in [0.29, 0.717) is 37.6 Å². The zero-order valence-corrected chi connectivity index (χ0v) is 20.8. The molecule has 9 nitrogen and oxygen atoms in total. The minimum Gasteiger partial charge on any atom is -0.492 e. The molecule has 0 N–H and O–H groups in total. The molecule has 2 heterocycles. The molecule has 4 rings (SSSR count). The van der Waals surface area contributed by atoms with E-state index in [1.54, 1.807) is 11.8 Å². The molecule has 35 heavy (non-hydrogen) atoms. The number of hydrogen-bond donors (Lipinski definition) is 0. The van der Waals surface area contributed by atoms with Crippen LogP contribution in [0.1, 0.15) is 33.4 Å². The van der Waals surface area contributed by atoms with E-state index in [4.69, 9.17) is 18.7 Å². The van der Waals surface area contributed by atoms with Crippen molar-refractivity contribution in [2.24, 2.45) is 0 Å². The first-order valence-electron chi connectivity index (χ1n) is 12.0. The number of carbonyl (C=O) groups excluding carboxylic acids is 2. The second-order valence-corrected chi connectivity index (χ2v) is 9.59. The summed E-state index contributed by atoms with van der Waals surface area (Å²) < 4.78 is 21.9. The van der Waals surface area contributed by atoms with Gasteiger partial charge >= 0.3 is 12.1 Å². The van der Waals surface area contributed by atoms with E-state index in [-0.39, 0.29) is 18.5 Å². The molecule has 9 heteroatoms. The molecule has 0 unspecified atom stereocenters. The summed E-state index contributed by atoms with van der Waals surface area (Å²) in [4.78, 5) is 28.2. The number of amides is 1. The smallest absolute Gasteiger partial charge is 0.410 e. The van der Waals surface area contributed by atoms with Crippen LogP contribution in [0.4, 0.5) is 4.79 Å². The molecule has 0 bridgehead atoms. The molecule has 1 saturated heterocycles. The van der Waals surface area contributed by atoms with Crippen LogP contribution < -0.4 is 4.74 Å². The third kappa shape index (κ3) is 6.22. The number of fused-ring (bicyclic) bond motifs is 3. The second kappa shape index (κ2) is 10.5. The van der Waals surface area contributed by atoms with Gasteiger partial charge in [-0.2, -0.15) is 0 Å². The topological polar surface area (TPSA) is 94.3 Å². The summed E-state index contributed by atoms with van der Waals surface area (Å²) in [6.07, 6.45) is -0.184. The van der Waals surface area contributed by atoms with E-state index in [1.807, 2.05) is 51.1 Å². The van der Waals surface area contributed by atoms with Crippen LogP contribution in [0.2, 0.25) is 0 Å². The van der Waals surface area contributed by atoms with Gasteiger partial charge < -0.3 is 23.6 Å². The number of ether oxygens (including phenoxy) is 3. The van der Waals surface area contributed by atoms with Crippen molar-refractivity contribution in [2.75, 3.05) is 45.9 Å². The summed E-state index contributed by atoms with van der Waals surface area (Å²) in [7, 11) is 0. The van der Waals surface area contributed by atoms with Crippen molar-refractivity contribution in [1.29, 1.82) is 0 Å². The predicted octanol–water partition coefficient (Wildman–Crippen LogP) is 4.02. The molecule has 0 atom stereocenters. The first kappa shape index (κ1) is 24.8. The fourth-order valence-electron chi connectivity index (χ4n) is 4.14. The standard InChI is InChI=1S/C26H33N3O6/c1-5-32-23(30)17-21-24-20-8-7-19(16-18(20)6-9-22(24)35-27-21)33-15-14-28-10-12-29(13-11-28)25(31)34-26(2,3)4/h6-9,16H,5,10-15,17H2,1-4H3. The fraction of sp³-hybridized carbons (Fsp3) is 0.500. The van der Waals surface area contributed by atoms with Crippen molar-refractivity contribution in [2.45, 2.75) is 39.7 Å². The Balaban J connectivity index is 1.33. The molecule has 3 aromatic rings. The van der Waals surface area contributed by atoms with Gasteiger partial charge in [-0.25, -0.2) is 4.79 Å². The van der Waals surface area contributed by atoms with E-state index in [2.05, 4.69) is 10.1 Å². The zero-order valence-electron chi connectivity index (χ0n) is 20.8. The van der Waals surface area contributed by atoms with Crippen LogP contribution in [0.25, 0.3) is 21.7 Å². The van der Waals surface area contributed by atoms with Crippen LogP contribution >= 0.6 is 0 Å². The van der Waals surface area contributed by atoms with Crippen molar-refractivity contribution in [3.63, 3.8) is 0 Å². The van der Waals surface area contributed by atoms with E-state index < -0.39 is 5.60 Å². The Hall–Kier alpha value is -3.33. The number of aromatic nitrogens is 1. The highest BCUT2D eigenvalue weighted by molar-refractivity contribution is 6.07. The SMILES string of the molecule is CCOC(=O)Cc1noc2ccc3cc(OCCN4CCN(C(=O)OC(C)(C)C)CC4)ccc3c12. The van der Waals surface area contributed by atoms with Crippen molar-refractivity contribution < 1.29 is 28.3 Å². The Morgan fingerprint density at radius 3 is 2.57 bits per heavy atom. The van der Waals surface area contributed by atoms with Crippen LogP contribution in [0.15, 0.2) is 34.9 Å². The highest BCUT2D eigenvalue weighted by atomic mass is 16.6. The number of piperazine rings is 1. The average Bonchev–Trinajstić information content (AvgIpc) is 3.21. The van der Waals surface area contributed by atoms with Gasteiger partial charge in [-0.05, 0) is 62.7 Å². The Bertz CT molecular complexity index is 1190. The first-order valence-corrected chi connectivity index (χ1v) is 12.0. The summed E-state index contributed by atoms with van der Waals surface area (Å²) in [6, 6.07) is 9.69. The molecule has 1 aliphatic rings. The summed E-state index contributed by atoms with van der Waals surface area (Å²) in [5.74, 6) is 0.444. The van der Waals surface area contributed by atoms with Crippen molar-refractivity contribution in [3.8, 4) is 5.75 Å². The molecule has 0 spiro atoms. The Kier molecular flexibility index (Phi) is 7.45. The minimum atomic E-state index is -0.482. The van der Waals surface area contributed by atoms with Gasteiger partial charge in [0.1, 0.15) is 23.7 Å². The fourth-order valence-corrected chi connectivity index (χ4v) is 4.14. The highest BCUT2D eigenvalue weighted by Gasteiger charge is 2.25. The quantitative estimate of drug-likeness (QED) is 0.465. The predicted molar refractivity (Wildman–Crippen MR) is 132 cm³/mol. The molecular formula is C26H33N3O6. The summed E-state index contributed by atoms with van der Waals surface area (Å²) in [5.41, 5.74) is 0.726. The van der Waals surface area contributed by atoms with Crippen LogP contribution in [0, 0.1) is 0 Å². The van der Waals surface area contributed by atoms with Gasteiger partial charge in [-0.1, -0.05) is 11.2 Å². The number of rotatable bonds is 7. The van der Waals surface area contributed by atoms with Crippen LogP contribution in [-0.4, -0.2) is 78.6 Å². The van der Waals surface area contributed by atoms with Crippen LogP contribution in [0.3, 0.4) is 0 Å². The maximum Gasteiger partial charge on any atom is 0.410 e. The summed E-state index contributed by atoms with van der Waals surface area (Å²) >= 11 is 0. The minimum absolute atomic E-state index is 0.0688. The number of carbonyl (C=O) groups is 2. The number of esters is 1. The number of hydrogen-bond acceptors (Lipinski definition) is 8. The molecule has 1 amide bonds. The number of nitrogens with zero attached hydrogens (tertiary/aromatic N) is 3. The lowest BCUT2D eigenvalue weighted by Gasteiger charge is -2.35. The van der Waals surface area contributed by atoms with Crippen molar-refractivity contribution >= 4 is 33.8 Å². The number of benzene rings is 2. The second-order valence-electron chi connectivity index (χ2n) is 9.59. The molecule has 0 radical (unpaired) electrons. The van der Waals surface area contributed by atoms with Gasteiger partial charge in [0, 0.05) is 32.7 Å². The maximum absolute atomic E-state index is 12.2. The van der Waals surface area contributed by atoms with Gasteiger partial charge in [0.05, 0.1) is 18.4 Å². The monoisotopic (exact) mass is 483 g/mol. The Morgan fingerprint density at radius 2 is 1.86 bits per heavy atom. The third-order valence-electron chi connectivity index (χ3n) is 5.81. The molecule has 2 aromatic carbocycles. The summed E-state index contributed by atoms with van der Waals surface area (Å²) in [5, 5.41) is 6.84. The van der Waals surface area contributed by atoms with E-state index >= 15 is 0 Å². The van der Waals surface area contributed by atoms with E-state index in [9.17, 15) is 9.59 Å². The van der Waals surface area contributed by atoms with Crippen molar-refractivity contribution in [3.05, 3.63) is 36.0 Å². The molecule has 1 aromatic heterocycles. The first-order chi connectivity index (χ1) is 16.7. The normalized spacial score (nSPS) is 14.9. The maximum atomic E-state index is 12.2. The highest BCUT2D eigenvalue weighted by Crippen LogP contribution is 2.31. The van der Waals surface area contributed by atoms with Crippen LogP contribution in [0.5, 0.6) is 5.75 Å². The van der Waals surface area contributed by atoms with Crippen molar-refractivity contribution in [1.82, 2.24) is 15.0 Å². The molecule has 188 valence electrons. The van der Waals surface area contributed by atoms with Crippen LogP contribution in [-0.2, 0) is 20.7 Å². The van der Waals surface area contributed by atoms with Gasteiger partial charge in [-0.15, -0.1) is 0 Å². The lowest BCUT2D eigenvalue weighted by Crippen LogP contribution is -2.50. The Labute approximate surface area is 204 Å². The van der Waals surface area contributed by atoms with Gasteiger partial charge in [-0.3, -0.25) is 9.69 Å². The zero-order chi connectivity index (χ0) is 25.0. The lowest BCUT2D eigenvalue weighted by atomic mass is 10.0. The largest absolute Gasteiger partial charge is 0.492 e. The lowest BCUT2D eigenvalue weighted by molar-refractivity contribution is -0.142. The molecule has 0 aliphatic carbocycles. The molecular weight excluding hydrogens is 450 g/mol. The Morgan fingerprint density at radius 1 is 1.09 bits per heavy atom. The molecule has 1 fully saturated rings. The molecule has 1 aliphatic heterocycles. The molecule has 0 saturated carbocycles. The van der Waals surface area contributed by atoms with E-state index in [0.717, 1.165) is 41.5 Å². The average molecular weight is 484 g/mol. The van der Waals surface area contributed by atoms with E-state index in [1.165, 1.54) is 0 Å².